The van der Waals surface area contributed by atoms with Crippen molar-refractivity contribution >= 4 is 17.5 Å². The number of amides is 2. The Labute approximate surface area is 138 Å². The van der Waals surface area contributed by atoms with Gasteiger partial charge in [-0.3, -0.25) is 9.59 Å². The van der Waals surface area contributed by atoms with Crippen LogP contribution in [0.4, 0.5) is 5.69 Å². The van der Waals surface area contributed by atoms with Crippen molar-refractivity contribution in [1.82, 2.24) is 9.80 Å². The minimum absolute atomic E-state index is 0.0283. The zero-order valence-electron chi connectivity index (χ0n) is 14.6. The van der Waals surface area contributed by atoms with Crippen molar-refractivity contribution in [3.05, 3.63) is 29.3 Å². The summed E-state index contributed by atoms with van der Waals surface area (Å²) in [6, 6.07) is 5.98. The van der Waals surface area contributed by atoms with Gasteiger partial charge in [0.05, 0.1) is 0 Å². The highest BCUT2D eigenvalue weighted by atomic mass is 16.2. The summed E-state index contributed by atoms with van der Waals surface area (Å²) in [5.41, 5.74) is 3.22. The average Bonchev–Trinajstić information content (AvgIpc) is 2.51. The molecular formula is C18H27N3O2. The molecule has 1 fully saturated rings. The second-order valence-corrected chi connectivity index (χ2v) is 6.37. The predicted octanol–water partition coefficient (Wildman–Crippen LogP) is 1.82. The van der Waals surface area contributed by atoms with E-state index >= 15 is 0 Å². The van der Waals surface area contributed by atoms with Crippen LogP contribution in [0.3, 0.4) is 0 Å². The molecule has 1 aliphatic rings. The van der Waals surface area contributed by atoms with Gasteiger partial charge in [-0.1, -0.05) is 6.07 Å². The third kappa shape index (κ3) is 4.55. The van der Waals surface area contributed by atoms with E-state index in [1.165, 1.54) is 5.56 Å². The van der Waals surface area contributed by atoms with E-state index in [2.05, 4.69) is 11.9 Å². The highest BCUT2D eigenvalue weighted by molar-refractivity contribution is 5.92. The van der Waals surface area contributed by atoms with Gasteiger partial charge in [-0.25, -0.2) is 0 Å². The molecule has 1 heterocycles. The monoisotopic (exact) mass is 317 g/mol. The lowest BCUT2D eigenvalue weighted by molar-refractivity contribution is -0.132. The van der Waals surface area contributed by atoms with Crippen molar-refractivity contribution in [3.8, 4) is 0 Å². The first-order chi connectivity index (χ1) is 10.9. The standard InChI is InChI=1S/C18H27N3O2/c1-14-5-6-17(13-15(14)2)21(16(3)22)8-7-18(23)20-11-9-19(4)10-12-20/h5-6,13H,7-12H2,1-4H3. The summed E-state index contributed by atoms with van der Waals surface area (Å²) >= 11 is 0. The Morgan fingerprint density at radius 2 is 1.74 bits per heavy atom. The van der Waals surface area contributed by atoms with Gasteiger partial charge in [-0.2, -0.15) is 0 Å². The Balaban J connectivity index is 1.98. The maximum atomic E-state index is 12.4. The molecule has 1 aromatic rings. The molecule has 1 saturated heterocycles. The lowest BCUT2D eigenvalue weighted by atomic mass is 10.1. The van der Waals surface area contributed by atoms with E-state index < -0.39 is 0 Å². The quantitative estimate of drug-likeness (QED) is 0.851. The Morgan fingerprint density at radius 3 is 2.30 bits per heavy atom. The molecular weight excluding hydrogens is 290 g/mol. The van der Waals surface area contributed by atoms with Gasteiger partial charge in [0.1, 0.15) is 0 Å². The molecule has 126 valence electrons. The Bertz CT molecular complexity index is 578. The van der Waals surface area contributed by atoms with Gasteiger partial charge in [0.2, 0.25) is 11.8 Å². The van der Waals surface area contributed by atoms with Crippen LogP contribution in [-0.2, 0) is 9.59 Å². The molecule has 2 amide bonds. The Kier molecular flexibility index (Phi) is 5.77. The third-order valence-corrected chi connectivity index (χ3v) is 4.59. The number of hydrogen-bond donors (Lipinski definition) is 0. The highest BCUT2D eigenvalue weighted by Crippen LogP contribution is 2.19. The lowest BCUT2D eigenvalue weighted by Crippen LogP contribution is -2.47. The molecule has 0 unspecified atom stereocenters. The van der Waals surface area contributed by atoms with Gasteiger partial charge < -0.3 is 14.7 Å². The van der Waals surface area contributed by atoms with Crippen molar-refractivity contribution in [2.24, 2.45) is 0 Å². The maximum Gasteiger partial charge on any atom is 0.224 e. The number of carbonyl (C=O) groups excluding carboxylic acids is 2. The molecule has 2 rings (SSSR count). The number of likely N-dealkylation sites (N-methyl/N-ethyl adjacent to an activating group) is 1. The van der Waals surface area contributed by atoms with Crippen molar-refractivity contribution in [1.29, 1.82) is 0 Å². The summed E-state index contributed by atoms with van der Waals surface area (Å²) in [6.45, 7) is 9.45. The summed E-state index contributed by atoms with van der Waals surface area (Å²) in [4.78, 5) is 30.1. The molecule has 5 nitrogen and oxygen atoms in total. The fourth-order valence-corrected chi connectivity index (χ4v) is 2.78. The number of nitrogens with zero attached hydrogens (tertiary/aromatic N) is 3. The zero-order chi connectivity index (χ0) is 17.0. The van der Waals surface area contributed by atoms with Crippen LogP contribution in [0.15, 0.2) is 18.2 Å². The first-order valence-corrected chi connectivity index (χ1v) is 8.20. The predicted molar refractivity (Wildman–Crippen MR) is 92.6 cm³/mol. The molecule has 0 atom stereocenters. The lowest BCUT2D eigenvalue weighted by Gasteiger charge is -2.33. The minimum atomic E-state index is -0.0283. The normalized spacial score (nSPS) is 15.6. The smallest absolute Gasteiger partial charge is 0.224 e. The van der Waals surface area contributed by atoms with Crippen LogP contribution in [0, 0.1) is 13.8 Å². The van der Waals surface area contributed by atoms with Gasteiger partial charge in [0.25, 0.3) is 0 Å². The van der Waals surface area contributed by atoms with E-state index in [0.717, 1.165) is 37.4 Å². The molecule has 0 N–H and O–H groups in total. The van der Waals surface area contributed by atoms with Crippen molar-refractivity contribution < 1.29 is 9.59 Å². The SMILES string of the molecule is CC(=O)N(CCC(=O)N1CCN(C)CC1)c1ccc(C)c(C)c1. The van der Waals surface area contributed by atoms with Crippen LogP contribution in [0.5, 0.6) is 0 Å². The minimum Gasteiger partial charge on any atom is -0.340 e. The first kappa shape index (κ1) is 17.5. The molecule has 0 radical (unpaired) electrons. The largest absolute Gasteiger partial charge is 0.340 e. The van der Waals surface area contributed by atoms with E-state index in [1.807, 2.05) is 36.9 Å². The third-order valence-electron chi connectivity index (χ3n) is 4.59. The van der Waals surface area contributed by atoms with Crippen LogP contribution < -0.4 is 4.90 Å². The van der Waals surface area contributed by atoms with Crippen molar-refractivity contribution in [2.45, 2.75) is 27.2 Å². The number of carbonyl (C=O) groups is 2. The van der Waals surface area contributed by atoms with E-state index in [-0.39, 0.29) is 11.8 Å². The molecule has 0 spiro atoms. The van der Waals surface area contributed by atoms with Gasteiger partial charge in [0.15, 0.2) is 0 Å². The number of hydrogen-bond acceptors (Lipinski definition) is 3. The maximum absolute atomic E-state index is 12.4. The summed E-state index contributed by atoms with van der Waals surface area (Å²) < 4.78 is 0. The summed E-state index contributed by atoms with van der Waals surface area (Å²) in [6.07, 6.45) is 0.371. The van der Waals surface area contributed by atoms with Gasteiger partial charge in [-0.15, -0.1) is 0 Å². The van der Waals surface area contributed by atoms with Gasteiger partial charge in [0, 0.05) is 51.8 Å². The number of benzene rings is 1. The fourth-order valence-electron chi connectivity index (χ4n) is 2.78. The second kappa shape index (κ2) is 7.59. The fraction of sp³-hybridized carbons (Fsp3) is 0.556. The average molecular weight is 317 g/mol. The van der Waals surface area contributed by atoms with Gasteiger partial charge in [-0.05, 0) is 44.2 Å². The van der Waals surface area contributed by atoms with Crippen LogP contribution in [0.25, 0.3) is 0 Å². The molecule has 1 aliphatic heterocycles. The van der Waals surface area contributed by atoms with Crippen LogP contribution in [-0.4, -0.2) is 61.4 Å². The Morgan fingerprint density at radius 1 is 1.09 bits per heavy atom. The molecule has 0 aromatic heterocycles. The van der Waals surface area contributed by atoms with Crippen LogP contribution in [0.1, 0.15) is 24.5 Å². The summed E-state index contributed by atoms with van der Waals surface area (Å²) in [5.74, 6) is 0.104. The number of anilines is 1. The molecule has 1 aromatic carbocycles. The van der Waals surface area contributed by atoms with E-state index in [9.17, 15) is 9.59 Å². The molecule has 0 aliphatic carbocycles. The topological polar surface area (TPSA) is 43.9 Å². The van der Waals surface area contributed by atoms with E-state index in [0.29, 0.717) is 13.0 Å². The van der Waals surface area contributed by atoms with Crippen molar-refractivity contribution in [3.63, 3.8) is 0 Å². The van der Waals surface area contributed by atoms with Crippen LogP contribution in [0.2, 0.25) is 0 Å². The van der Waals surface area contributed by atoms with Gasteiger partial charge >= 0.3 is 0 Å². The van der Waals surface area contributed by atoms with Crippen LogP contribution >= 0.6 is 0 Å². The van der Waals surface area contributed by atoms with E-state index in [4.69, 9.17) is 0 Å². The number of rotatable bonds is 4. The van der Waals surface area contributed by atoms with E-state index in [1.54, 1.807) is 11.8 Å². The summed E-state index contributed by atoms with van der Waals surface area (Å²) in [7, 11) is 2.07. The molecule has 23 heavy (non-hydrogen) atoms. The highest BCUT2D eigenvalue weighted by Gasteiger charge is 2.20. The molecule has 0 bridgehead atoms. The molecule has 0 saturated carbocycles. The number of piperazine rings is 1. The Hall–Kier alpha value is -1.88. The molecule has 5 heteroatoms. The second-order valence-electron chi connectivity index (χ2n) is 6.37. The number of aryl methyl sites for hydroxylation is 2. The van der Waals surface area contributed by atoms with Crippen molar-refractivity contribution in [2.75, 3.05) is 44.7 Å². The zero-order valence-corrected chi connectivity index (χ0v) is 14.6. The first-order valence-electron chi connectivity index (χ1n) is 8.20. The summed E-state index contributed by atoms with van der Waals surface area (Å²) in [5, 5.41) is 0.